The number of fused-ring (bicyclic) bond motifs is 1. The smallest absolute Gasteiger partial charge is 0.343 e. The highest BCUT2D eigenvalue weighted by Gasteiger charge is 2.29. The number of ether oxygens (including phenoxy) is 1. The Balaban J connectivity index is 1.40. The summed E-state index contributed by atoms with van der Waals surface area (Å²) in [5.74, 6) is -0.0978. The third-order valence-electron chi connectivity index (χ3n) is 6.29. The van der Waals surface area contributed by atoms with Crippen LogP contribution in [0.3, 0.4) is 0 Å². The highest BCUT2D eigenvalue weighted by Crippen LogP contribution is 2.22. The molecule has 1 amide bonds. The molecule has 2 aromatic heterocycles. The molecule has 0 bridgehead atoms. The van der Waals surface area contributed by atoms with Crippen LogP contribution in [0.5, 0.6) is 0 Å². The molecule has 4 heterocycles. The predicted octanol–water partition coefficient (Wildman–Crippen LogP) is 1.81. The molecule has 31 heavy (non-hydrogen) atoms. The number of rotatable bonds is 5. The molecule has 9 nitrogen and oxygen atoms in total. The molecule has 168 valence electrons. The van der Waals surface area contributed by atoms with E-state index in [1.165, 1.54) is 29.6 Å². The van der Waals surface area contributed by atoms with Gasteiger partial charge in [0.1, 0.15) is 5.56 Å². The molecule has 2 fully saturated rings. The van der Waals surface area contributed by atoms with Gasteiger partial charge in [0.15, 0.2) is 5.65 Å². The van der Waals surface area contributed by atoms with Crippen LogP contribution in [0.4, 0.5) is 0 Å². The fourth-order valence-electron chi connectivity index (χ4n) is 4.59. The van der Waals surface area contributed by atoms with E-state index >= 15 is 0 Å². The normalized spacial score (nSPS) is 18.8. The van der Waals surface area contributed by atoms with E-state index in [2.05, 4.69) is 19.9 Å². The lowest BCUT2D eigenvalue weighted by molar-refractivity contribution is -0.137. The third kappa shape index (κ3) is 4.81. The fourth-order valence-corrected chi connectivity index (χ4v) is 4.59. The molecule has 0 spiro atoms. The summed E-state index contributed by atoms with van der Waals surface area (Å²) in [6.45, 7) is 5.89. The SMILES string of the molecule is CCOC(=O)c1c[nH]n2c(=O)cc(CN3CCC(C(=O)N4CCCCCC4)CC3)nc12. The zero-order chi connectivity index (χ0) is 21.8. The predicted molar refractivity (Wildman–Crippen MR) is 115 cm³/mol. The van der Waals surface area contributed by atoms with E-state index in [9.17, 15) is 14.4 Å². The first-order valence-corrected chi connectivity index (χ1v) is 11.3. The first-order chi connectivity index (χ1) is 15.1. The Bertz CT molecular complexity index is 981. The summed E-state index contributed by atoms with van der Waals surface area (Å²) >= 11 is 0. The van der Waals surface area contributed by atoms with Gasteiger partial charge in [-0.15, -0.1) is 0 Å². The highest BCUT2D eigenvalue weighted by atomic mass is 16.5. The van der Waals surface area contributed by atoms with Crippen LogP contribution in [0.25, 0.3) is 5.65 Å². The van der Waals surface area contributed by atoms with Gasteiger partial charge in [-0.05, 0) is 45.7 Å². The molecule has 2 aliphatic rings. The van der Waals surface area contributed by atoms with Crippen molar-refractivity contribution in [3.63, 3.8) is 0 Å². The monoisotopic (exact) mass is 429 g/mol. The van der Waals surface area contributed by atoms with Crippen molar-refractivity contribution in [3.05, 3.63) is 33.9 Å². The standard InChI is InChI=1S/C22H31N5O4/c1-2-31-22(30)18-14-23-27-19(28)13-17(24-20(18)27)15-25-11-7-16(8-12-25)21(29)26-9-5-3-4-6-10-26/h13-14,16,23H,2-12,15H2,1H3. The van der Waals surface area contributed by atoms with Crippen LogP contribution in [0.1, 0.15) is 61.5 Å². The lowest BCUT2D eigenvalue weighted by Gasteiger charge is -2.33. The lowest BCUT2D eigenvalue weighted by Crippen LogP contribution is -2.42. The number of piperidine rings is 1. The maximum Gasteiger partial charge on any atom is 0.343 e. The molecular weight excluding hydrogens is 398 g/mol. The number of likely N-dealkylation sites (tertiary alicyclic amines) is 2. The van der Waals surface area contributed by atoms with Gasteiger partial charge in [-0.1, -0.05) is 12.8 Å². The van der Waals surface area contributed by atoms with Gasteiger partial charge >= 0.3 is 5.97 Å². The maximum absolute atomic E-state index is 12.9. The second-order valence-electron chi connectivity index (χ2n) is 8.44. The van der Waals surface area contributed by atoms with Gasteiger partial charge in [-0.25, -0.2) is 14.3 Å². The summed E-state index contributed by atoms with van der Waals surface area (Å²) < 4.78 is 6.31. The maximum atomic E-state index is 12.9. The van der Waals surface area contributed by atoms with Crippen LogP contribution in [-0.4, -0.2) is 69.1 Å². The first kappa shape index (κ1) is 21.5. The highest BCUT2D eigenvalue weighted by molar-refractivity contribution is 5.95. The van der Waals surface area contributed by atoms with Gasteiger partial charge in [0.25, 0.3) is 5.56 Å². The molecular formula is C22H31N5O4. The van der Waals surface area contributed by atoms with E-state index in [4.69, 9.17) is 4.74 Å². The van der Waals surface area contributed by atoms with Crippen molar-refractivity contribution in [2.75, 3.05) is 32.8 Å². The number of H-pyrrole nitrogens is 1. The van der Waals surface area contributed by atoms with Crippen molar-refractivity contribution in [3.8, 4) is 0 Å². The number of nitrogens with one attached hydrogen (secondary N) is 1. The van der Waals surface area contributed by atoms with E-state index in [1.807, 2.05) is 0 Å². The van der Waals surface area contributed by atoms with Gasteiger partial charge < -0.3 is 9.64 Å². The lowest BCUT2D eigenvalue weighted by atomic mass is 9.95. The molecule has 2 saturated heterocycles. The molecule has 0 unspecified atom stereocenters. The summed E-state index contributed by atoms with van der Waals surface area (Å²) in [7, 11) is 0. The minimum absolute atomic E-state index is 0.0931. The minimum Gasteiger partial charge on any atom is -0.462 e. The molecule has 0 saturated carbocycles. The van der Waals surface area contributed by atoms with Gasteiger partial charge in [-0.3, -0.25) is 19.6 Å². The van der Waals surface area contributed by atoms with Crippen molar-refractivity contribution >= 4 is 17.5 Å². The number of aromatic nitrogens is 3. The molecule has 9 heteroatoms. The second-order valence-corrected chi connectivity index (χ2v) is 8.44. The largest absolute Gasteiger partial charge is 0.462 e. The summed E-state index contributed by atoms with van der Waals surface area (Å²) in [5.41, 5.74) is 0.893. The van der Waals surface area contributed by atoms with Crippen LogP contribution in [-0.2, 0) is 16.1 Å². The first-order valence-electron chi connectivity index (χ1n) is 11.3. The summed E-state index contributed by atoms with van der Waals surface area (Å²) in [4.78, 5) is 46.3. The Morgan fingerprint density at radius 1 is 1.13 bits per heavy atom. The second kappa shape index (κ2) is 9.64. The van der Waals surface area contributed by atoms with Crippen molar-refractivity contribution < 1.29 is 14.3 Å². The Kier molecular flexibility index (Phi) is 6.70. The van der Waals surface area contributed by atoms with E-state index in [1.54, 1.807) is 6.92 Å². The average molecular weight is 430 g/mol. The van der Waals surface area contributed by atoms with Crippen molar-refractivity contribution in [2.45, 2.75) is 52.0 Å². The van der Waals surface area contributed by atoms with E-state index in [-0.39, 0.29) is 29.3 Å². The Morgan fingerprint density at radius 2 is 1.84 bits per heavy atom. The van der Waals surface area contributed by atoms with Crippen molar-refractivity contribution in [1.29, 1.82) is 0 Å². The van der Waals surface area contributed by atoms with Gasteiger partial charge in [0.05, 0.1) is 12.3 Å². The summed E-state index contributed by atoms with van der Waals surface area (Å²) in [5, 5.41) is 2.77. The zero-order valence-electron chi connectivity index (χ0n) is 18.1. The number of carbonyl (C=O) groups excluding carboxylic acids is 2. The number of carbonyl (C=O) groups is 2. The molecule has 2 aliphatic heterocycles. The number of aromatic amines is 1. The molecule has 1 N–H and O–H groups in total. The summed E-state index contributed by atoms with van der Waals surface area (Å²) in [6.07, 6.45) is 7.77. The number of nitrogens with zero attached hydrogens (tertiary/aromatic N) is 4. The van der Waals surface area contributed by atoms with Crippen LogP contribution < -0.4 is 5.56 Å². The Morgan fingerprint density at radius 3 is 2.52 bits per heavy atom. The van der Waals surface area contributed by atoms with Gasteiger partial charge in [0, 0.05) is 37.8 Å². The molecule has 0 aliphatic carbocycles. The molecule has 4 rings (SSSR count). The van der Waals surface area contributed by atoms with Crippen LogP contribution in [0.2, 0.25) is 0 Å². The molecule has 0 aromatic carbocycles. The topological polar surface area (TPSA) is 100 Å². The van der Waals surface area contributed by atoms with E-state index < -0.39 is 5.97 Å². The van der Waals surface area contributed by atoms with Crippen molar-refractivity contribution in [1.82, 2.24) is 24.4 Å². The quantitative estimate of drug-likeness (QED) is 0.728. The number of esters is 1. The van der Waals surface area contributed by atoms with E-state index in [0.29, 0.717) is 18.1 Å². The van der Waals surface area contributed by atoms with Gasteiger partial charge in [-0.2, -0.15) is 0 Å². The Hall–Kier alpha value is -2.68. The summed E-state index contributed by atoms with van der Waals surface area (Å²) in [6, 6.07) is 1.49. The fraction of sp³-hybridized carbons (Fsp3) is 0.636. The van der Waals surface area contributed by atoms with Crippen LogP contribution in [0.15, 0.2) is 17.1 Å². The third-order valence-corrected chi connectivity index (χ3v) is 6.29. The number of hydrogen-bond acceptors (Lipinski definition) is 6. The molecule has 0 atom stereocenters. The molecule has 2 aromatic rings. The molecule has 0 radical (unpaired) electrons. The van der Waals surface area contributed by atoms with Crippen molar-refractivity contribution in [2.24, 2.45) is 5.92 Å². The van der Waals surface area contributed by atoms with Crippen LogP contribution in [0, 0.1) is 5.92 Å². The minimum atomic E-state index is -0.502. The Labute approximate surface area is 181 Å². The average Bonchev–Trinajstić information content (AvgIpc) is 3.01. The van der Waals surface area contributed by atoms with Gasteiger partial charge in [0.2, 0.25) is 5.91 Å². The number of amides is 1. The van der Waals surface area contributed by atoms with E-state index in [0.717, 1.165) is 51.9 Å². The zero-order valence-corrected chi connectivity index (χ0v) is 18.1. The van der Waals surface area contributed by atoms with Crippen LogP contribution >= 0.6 is 0 Å². The number of hydrogen-bond donors (Lipinski definition) is 1.